The Balaban J connectivity index is 1.21. The first-order valence-electron chi connectivity index (χ1n) is 12.4. The van der Waals surface area contributed by atoms with Crippen LogP contribution in [0.3, 0.4) is 0 Å². The van der Waals surface area contributed by atoms with E-state index in [0.717, 1.165) is 84.8 Å². The molecule has 1 saturated carbocycles. The number of aryl methyl sites for hydroxylation is 1. The summed E-state index contributed by atoms with van der Waals surface area (Å²) in [6.45, 7) is 1.85. The van der Waals surface area contributed by atoms with E-state index in [0.29, 0.717) is 17.7 Å². The van der Waals surface area contributed by atoms with Crippen LogP contribution >= 0.6 is 0 Å². The van der Waals surface area contributed by atoms with Gasteiger partial charge in [0.05, 0.1) is 18.0 Å². The van der Waals surface area contributed by atoms with Crippen molar-refractivity contribution in [3.8, 4) is 17.0 Å². The van der Waals surface area contributed by atoms with Crippen molar-refractivity contribution in [1.82, 2.24) is 34.8 Å². The monoisotopic (exact) mass is 474 g/mol. The molecule has 1 aromatic carbocycles. The van der Waals surface area contributed by atoms with Gasteiger partial charge in [-0.2, -0.15) is 9.97 Å². The molecule has 1 saturated heterocycles. The summed E-state index contributed by atoms with van der Waals surface area (Å²) in [6, 6.07) is 6.29. The second kappa shape index (κ2) is 8.83. The van der Waals surface area contributed by atoms with E-state index < -0.39 is 0 Å². The third kappa shape index (κ3) is 3.96. The van der Waals surface area contributed by atoms with Crippen LogP contribution in [0.5, 0.6) is 5.88 Å². The normalized spacial score (nSPS) is 20.6. The molecule has 0 atom stereocenters. The molecule has 3 aromatic heterocycles. The number of anilines is 1. The zero-order valence-corrected chi connectivity index (χ0v) is 20.1. The molecule has 6 rings (SSSR count). The Bertz CT molecular complexity index is 1380. The summed E-state index contributed by atoms with van der Waals surface area (Å²) < 4.78 is 7.45. The van der Waals surface area contributed by atoms with E-state index in [1.807, 2.05) is 30.3 Å². The van der Waals surface area contributed by atoms with Gasteiger partial charge in [0.2, 0.25) is 17.7 Å². The van der Waals surface area contributed by atoms with E-state index in [1.165, 1.54) is 0 Å². The number of benzene rings is 1. The molecule has 1 aliphatic carbocycles. The van der Waals surface area contributed by atoms with Crippen molar-refractivity contribution >= 4 is 33.9 Å². The van der Waals surface area contributed by atoms with Crippen molar-refractivity contribution in [2.24, 2.45) is 13.0 Å². The van der Waals surface area contributed by atoms with E-state index in [9.17, 15) is 4.79 Å². The van der Waals surface area contributed by atoms with E-state index in [-0.39, 0.29) is 12.0 Å². The number of aromatic nitrogens is 6. The molecule has 2 aliphatic rings. The summed E-state index contributed by atoms with van der Waals surface area (Å²) in [5, 5.41) is 12.6. The minimum atomic E-state index is 0.155. The van der Waals surface area contributed by atoms with Crippen LogP contribution in [0.4, 0.5) is 5.95 Å². The zero-order valence-electron chi connectivity index (χ0n) is 20.1. The predicted molar refractivity (Wildman–Crippen MR) is 133 cm³/mol. The number of methoxy groups -OCH3 is 1. The van der Waals surface area contributed by atoms with Crippen LogP contribution in [0.2, 0.25) is 0 Å². The van der Waals surface area contributed by atoms with Crippen molar-refractivity contribution in [1.29, 1.82) is 0 Å². The lowest BCUT2D eigenvalue weighted by molar-refractivity contribution is -0.135. The van der Waals surface area contributed by atoms with E-state index in [2.05, 4.69) is 31.7 Å². The third-order valence-electron chi connectivity index (χ3n) is 7.44. The summed E-state index contributed by atoms with van der Waals surface area (Å²) in [5.41, 5.74) is 4.50. The Morgan fingerprint density at radius 3 is 2.71 bits per heavy atom. The Kier molecular flexibility index (Phi) is 5.50. The number of likely N-dealkylation sites (tertiary alicyclic amines) is 1. The van der Waals surface area contributed by atoms with Crippen LogP contribution in [0.25, 0.3) is 33.2 Å². The largest absolute Gasteiger partial charge is 0.480 e. The SMILES string of the molecule is COc1nc(NC2CCC(C(=O)N3CCCC3)CC2)nc2[nH]cc(-c3ccc4nnn(C)c4c3)c12. The summed E-state index contributed by atoms with van der Waals surface area (Å²) in [6.07, 6.45) is 7.89. The van der Waals surface area contributed by atoms with Crippen LogP contribution in [0.15, 0.2) is 24.4 Å². The highest BCUT2D eigenvalue weighted by Crippen LogP contribution is 2.36. The van der Waals surface area contributed by atoms with E-state index >= 15 is 0 Å². The Morgan fingerprint density at radius 2 is 1.94 bits per heavy atom. The molecule has 0 radical (unpaired) electrons. The van der Waals surface area contributed by atoms with Gasteiger partial charge in [0.25, 0.3) is 0 Å². The Morgan fingerprint density at radius 1 is 1.14 bits per heavy atom. The van der Waals surface area contributed by atoms with Crippen molar-refractivity contribution in [2.45, 2.75) is 44.6 Å². The van der Waals surface area contributed by atoms with E-state index in [4.69, 9.17) is 9.72 Å². The molecule has 10 nitrogen and oxygen atoms in total. The van der Waals surface area contributed by atoms with Crippen molar-refractivity contribution < 1.29 is 9.53 Å². The van der Waals surface area contributed by atoms with Gasteiger partial charge in [-0.05, 0) is 56.2 Å². The first-order valence-corrected chi connectivity index (χ1v) is 12.4. The average Bonchev–Trinajstić information content (AvgIpc) is 3.64. The van der Waals surface area contributed by atoms with Crippen LogP contribution < -0.4 is 10.1 Å². The van der Waals surface area contributed by atoms with Crippen LogP contribution in [-0.4, -0.2) is 67.0 Å². The Hall–Kier alpha value is -3.69. The standard InChI is InChI=1S/C25H30N8O2/c1-32-20-13-16(7-10-19(20)30-31-32)18-14-26-22-21(18)23(35-2)29-25(28-22)27-17-8-5-15(6-9-17)24(34)33-11-3-4-12-33/h7,10,13-15,17H,3-6,8-9,11-12H2,1-2H3,(H2,26,27,28,29). The molecule has 4 aromatic rings. The first-order chi connectivity index (χ1) is 17.1. The molecule has 2 fully saturated rings. The van der Waals surface area contributed by atoms with Crippen LogP contribution in [-0.2, 0) is 11.8 Å². The van der Waals surface area contributed by atoms with Gasteiger partial charge in [-0.25, -0.2) is 4.68 Å². The van der Waals surface area contributed by atoms with Gasteiger partial charge in [0.15, 0.2) is 0 Å². The van der Waals surface area contributed by atoms with Gasteiger partial charge < -0.3 is 19.9 Å². The lowest BCUT2D eigenvalue weighted by Crippen LogP contribution is -2.37. The fourth-order valence-electron chi connectivity index (χ4n) is 5.50. The number of hydrogen-bond acceptors (Lipinski definition) is 7. The van der Waals surface area contributed by atoms with Crippen LogP contribution in [0, 0.1) is 5.92 Å². The highest BCUT2D eigenvalue weighted by atomic mass is 16.5. The minimum absolute atomic E-state index is 0.155. The summed E-state index contributed by atoms with van der Waals surface area (Å²) in [7, 11) is 3.51. The smallest absolute Gasteiger partial charge is 0.228 e. The van der Waals surface area contributed by atoms with Gasteiger partial charge in [0.1, 0.15) is 11.2 Å². The minimum Gasteiger partial charge on any atom is -0.480 e. The number of carbonyl (C=O) groups is 1. The lowest BCUT2D eigenvalue weighted by atomic mass is 9.85. The summed E-state index contributed by atoms with van der Waals surface area (Å²) >= 11 is 0. The number of carbonyl (C=O) groups excluding carboxylic acids is 1. The number of nitrogens with zero attached hydrogens (tertiary/aromatic N) is 6. The van der Waals surface area contributed by atoms with Gasteiger partial charge >= 0.3 is 0 Å². The fourth-order valence-corrected chi connectivity index (χ4v) is 5.50. The topological polar surface area (TPSA) is 114 Å². The maximum absolute atomic E-state index is 12.7. The molecule has 0 bridgehead atoms. The van der Waals surface area contributed by atoms with Gasteiger partial charge in [-0.3, -0.25) is 4.79 Å². The number of ether oxygens (including phenoxy) is 1. The lowest BCUT2D eigenvalue weighted by Gasteiger charge is -2.30. The maximum atomic E-state index is 12.7. The van der Waals surface area contributed by atoms with Crippen molar-refractivity contribution in [2.75, 3.05) is 25.5 Å². The van der Waals surface area contributed by atoms with Crippen molar-refractivity contribution in [3.63, 3.8) is 0 Å². The number of fused-ring (bicyclic) bond motifs is 2. The molecule has 1 aliphatic heterocycles. The van der Waals surface area contributed by atoms with E-state index in [1.54, 1.807) is 11.8 Å². The quantitative estimate of drug-likeness (QED) is 0.455. The molecule has 35 heavy (non-hydrogen) atoms. The highest BCUT2D eigenvalue weighted by Gasteiger charge is 2.31. The molecular formula is C25H30N8O2. The number of aromatic amines is 1. The Labute approximate surface area is 203 Å². The molecule has 0 spiro atoms. The van der Waals surface area contributed by atoms with Gasteiger partial charge in [-0.15, -0.1) is 5.10 Å². The number of rotatable bonds is 5. The predicted octanol–water partition coefficient (Wildman–Crippen LogP) is 3.51. The summed E-state index contributed by atoms with van der Waals surface area (Å²) in [5.74, 6) is 1.57. The number of H-pyrrole nitrogens is 1. The first kappa shape index (κ1) is 21.8. The fraction of sp³-hybridized carbons (Fsp3) is 0.480. The number of amides is 1. The second-order valence-corrected chi connectivity index (χ2v) is 9.62. The molecule has 182 valence electrons. The van der Waals surface area contributed by atoms with Crippen LogP contribution in [0.1, 0.15) is 38.5 Å². The zero-order chi connectivity index (χ0) is 23.9. The third-order valence-corrected chi connectivity index (χ3v) is 7.44. The second-order valence-electron chi connectivity index (χ2n) is 9.62. The van der Waals surface area contributed by atoms with Crippen molar-refractivity contribution in [3.05, 3.63) is 24.4 Å². The average molecular weight is 475 g/mol. The van der Waals surface area contributed by atoms with Gasteiger partial charge in [-0.1, -0.05) is 11.3 Å². The molecule has 2 N–H and O–H groups in total. The van der Waals surface area contributed by atoms with Gasteiger partial charge in [0, 0.05) is 43.9 Å². The molecule has 0 unspecified atom stereocenters. The molecule has 1 amide bonds. The number of hydrogen-bond donors (Lipinski definition) is 2. The highest BCUT2D eigenvalue weighted by molar-refractivity contribution is 5.99. The summed E-state index contributed by atoms with van der Waals surface area (Å²) in [4.78, 5) is 27.5. The molecular weight excluding hydrogens is 444 g/mol. The molecule has 4 heterocycles. The maximum Gasteiger partial charge on any atom is 0.228 e. The molecule has 10 heteroatoms. The number of nitrogens with one attached hydrogen (secondary N) is 2.